The first-order valence-corrected chi connectivity index (χ1v) is 15.8. The SMILES string of the molecule is C[C@H](N=[P+]([O-])Oc1c(OC[C@@]2(N=[N+]=[N-])O[C@@H](n3ccc(=O)[nH]c3=O)[C@H](O)[C@@H]2O)cc2ccccc2c1Br)C(=O)OCc1ccccc1. The number of halogens is 1. The molecule has 0 amide bonds. The summed E-state index contributed by atoms with van der Waals surface area (Å²) < 4.78 is 27.6. The van der Waals surface area contributed by atoms with Crippen LogP contribution < -0.4 is 25.4 Å². The summed E-state index contributed by atoms with van der Waals surface area (Å²) in [6.07, 6.45) is -4.26. The van der Waals surface area contributed by atoms with Crippen LogP contribution in [-0.4, -0.2) is 56.3 Å². The molecule has 1 aliphatic rings. The van der Waals surface area contributed by atoms with Gasteiger partial charge in [-0.1, -0.05) is 64.5 Å². The fourth-order valence-electron chi connectivity index (χ4n) is 4.70. The molecule has 0 saturated carbocycles. The lowest BCUT2D eigenvalue weighted by Gasteiger charge is -2.27. The van der Waals surface area contributed by atoms with E-state index in [1.54, 1.807) is 48.5 Å². The van der Waals surface area contributed by atoms with Gasteiger partial charge in [0.15, 0.2) is 18.0 Å². The lowest BCUT2D eigenvalue weighted by molar-refractivity contribution is -0.170. The summed E-state index contributed by atoms with van der Waals surface area (Å²) in [5, 5.41) is 26.5. The molecule has 3 N–H and O–H groups in total. The molecule has 2 heterocycles. The van der Waals surface area contributed by atoms with Crippen molar-refractivity contribution in [2.75, 3.05) is 6.61 Å². The van der Waals surface area contributed by atoms with Crippen LogP contribution in [0.15, 0.2) is 96.8 Å². The van der Waals surface area contributed by atoms with E-state index in [-0.39, 0.29) is 18.1 Å². The van der Waals surface area contributed by atoms with E-state index < -0.39 is 62.2 Å². The number of H-pyrrole nitrogens is 1. The minimum atomic E-state index is -2.89. The van der Waals surface area contributed by atoms with Crippen molar-refractivity contribution >= 4 is 40.8 Å². The number of ether oxygens (including phenoxy) is 3. The second-order valence-electron chi connectivity index (χ2n) is 10.2. The molecule has 244 valence electrons. The monoisotopic (exact) mass is 728 g/mol. The van der Waals surface area contributed by atoms with Gasteiger partial charge in [0.1, 0.15) is 25.4 Å². The topological polar surface area (TPSA) is 233 Å². The van der Waals surface area contributed by atoms with Crippen LogP contribution in [0.25, 0.3) is 21.2 Å². The fraction of sp³-hybridized carbons (Fsp3) is 0.276. The van der Waals surface area contributed by atoms with Gasteiger partial charge in [-0.15, -0.1) is 0 Å². The molecule has 4 aromatic rings. The molecule has 0 radical (unpaired) electrons. The summed E-state index contributed by atoms with van der Waals surface area (Å²) in [7, 11) is -2.89. The number of aliphatic hydroxyl groups is 2. The molecule has 5 rings (SSSR count). The van der Waals surface area contributed by atoms with E-state index in [4.69, 9.17) is 18.7 Å². The molecule has 1 aliphatic heterocycles. The second kappa shape index (κ2) is 14.4. The summed E-state index contributed by atoms with van der Waals surface area (Å²) in [6, 6.07) is 17.3. The first kappa shape index (κ1) is 33.8. The number of benzene rings is 3. The third kappa shape index (κ3) is 7.37. The van der Waals surface area contributed by atoms with Crippen LogP contribution in [0.1, 0.15) is 18.7 Å². The zero-order chi connectivity index (χ0) is 33.7. The summed E-state index contributed by atoms with van der Waals surface area (Å²) in [4.78, 5) is 54.2. The number of carbonyl (C=O) groups is 1. The van der Waals surface area contributed by atoms with Crippen molar-refractivity contribution in [3.05, 3.63) is 114 Å². The summed E-state index contributed by atoms with van der Waals surface area (Å²) in [6.45, 7) is 0.661. The van der Waals surface area contributed by atoms with Crippen molar-refractivity contribution in [2.45, 2.75) is 43.7 Å². The van der Waals surface area contributed by atoms with Crippen molar-refractivity contribution in [1.29, 1.82) is 0 Å². The van der Waals surface area contributed by atoms with Gasteiger partial charge in [-0.3, -0.25) is 18.9 Å². The van der Waals surface area contributed by atoms with Gasteiger partial charge >= 0.3 is 19.8 Å². The number of nitrogens with zero attached hydrogens (tertiary/aromatic N) is 5. The number of esters is 1. The Bertz CT molecular complexity index is 1990. The third-order valence-electron chi connectivity index (χ3n) is 7.09. The molecule has 6 atom stereocenters. The predicted octanol–water partition coefficient (Wildman–Crippen LogP) is 3.16. The van der Waals surface area contributed by atoms with Crippen LogP contribution in [0.3, 0.4) is 0 Å². The van der Waals surface area contributed by atoms with Crippen molar-refractivity contribution in [3.63, 3.8) is 0 Å². The van der Waals surface area contributed by atoms with Crippen molar-refractivity contribution < 1.29 is 38.6 Å². The molecular formula is C29H26BrN6O10P. The minimum Gasteiger partial charge on any atom is -0.575 e. The summed E-state index contributed by atoms with van der Waals surface area (Å²) in [5.74, 6) is -0.917. The molecule has 0 spiro atoms. The van der Waals surface area contributed by atoms with E-state index in [2.05, 4.69) is 30.7 Å². The number of carbonyl (C=O) groups excluding carboxylic acids is 1. The van der Waals surface area contributed by atoms with Gasteiger partial charge in [-0.05, 0) is 45.4 Å². The number of fused-ring (bicyclic) bond motifs is 1. The highest BCUT2D eigenvalue weighted by Gasteiger charge is 2.56. The number of aliphatic hydroxyl groups excluding tert-OH is 2. The minimum absolute atomic E-state index is 0.00136. The van der Waals surface area contributed by atoms with Gasteiger partial charge in [0, 0.05) is 22.6 Å². The number of aromatic nitrogens is 2. The highest BCUT2D eigenvalue weighted by atomic mass is 79.9. The van der Waals surface area contributed by atoms with Crippen molar-refractivity contribution in [3.8, 4) is 11.5 Å². The van der Waals surface area contributed by atoms with Gasteiger partial charge in [0.25, 0.3) is 5.56 Å². The van der Waals surface area contributed by atoms with Crippen LogP contribution >= 0.6 is 24.1 Å². The van der Waals surface area contributed by atoms with Crippen LogP contribution in [-0.2, 0) is 20.9 Å². The number of aromatic amines is 1. The first-order chi connectivity index (χ1) is 22.5. The molecular weight excluding hydrogens is 703 g/mol. The molecule has 1 fully saturated rings. The van der Waals surface area contributed by atoms with Crippen LogP contribution in [0.2, 0.25) is 0 Å². The third-order valence-corrected chi connectivity index (χ3v) is 8.75. The van der Waals surface area contributed by atoms with Crippen molar-refractivity contribution in [2.24, 2.45) is 9.86 Å². The van der Waals surface area contributed by atoms with E-state index in [1.807, 2.05) is 11.1 Å². The molecule has 18 heteroatoms. The van der Waals surface area contributed by atoms with Gasteiger partial charge in [-0.25, -0.2) is 9.59 Å². The normalized spacial score (nSPS) is 21.6. The lowest BCUT2D eigenvalue weighted by Crippen LogP contribution is -2.46. The molecule has 0 bridgehead atoms. The average Bonchev–Trinajstić information content (AvgIpc) is 3.30. The van der Waals surface area contributed by atoms with E-state index >= 15 is 0 Å². The molecule has 3 aromatic carbocycles. The van der Waals surface area contributed by atoms with Crippen LogP contribution in [0.5, 0.6) is 11.5 Å². The Morgan fingerprint density at radius 2 is 1.94 bits per heavy atom. The van der Waals surface area contributed by atoms with Gasteiger partial charge < -0.3 is 29.3 Å². The fourth-order valence-corrected chi connectivity index (χ4v) is 6.22. The maximum Gasteiger partial charge on any atom is 0.395 e. The van der Waals surface area contributed by atoms with E-state index in [0.29, 0.717) is 15.2 Å². The molecule has 47 heavy (non-hydrogen) atoms. The second-order valence-corrected chi connectivity index (χ2v) is 11.9. The Hall–Kier alpha value is -4.60. The molecule has 16 nitrogen and oxygen atoms in total. The van der Waals surface area contributed by atoms with E-state index in [0.717, 1.165) is 22.4 Å². The Kier molecular flexibility index (Phi) is 10.4. The average molecular weight is 729 g/mol. The Morgan fingerprint density at radius 1 is 1.21 bits per heavy atom. The number of rotatable bonds is 11. The largest absolute Gasteiger partial charge is 0.575 e. The molecule has 1 unspecified atom stereocenters. The quantitative estimate of drug-likeness (QED) is 0.0671. The first-order valence-electron chi connectivity index (χ1n) is 13.9. The predicted molar refractivity (Wildman–Crippen MR) is 168 cm³/mol. The van der Waals surface area contributed by atoms with Crippen LogP contribution in [0.4, 0.5) is 0 Å². The van der Waals surface area contributed by atoms with Gasteiger partial charge in [0.2, 0.25) is 11.5 Å². The summed E-state index contributed by atoms with van der Waals surface area (Å²) >= 11 is 3.44. The van der Waals surface area contributed by atoms with Crippen LogP contribution in [0, 0.1) is 0 Å². The maximum atomic E-state index is 13.1. The highest BCUT2D eigenvalue weighted by molar-refractivity contribution is 9.10. The zero-order valence-corrected chi connectivity index (χ0v) is 26.9. The molecule has 1 saturated heterocycles. The number of hydrogen-bond acceptors (Lipinski definition) is 12. The number of azide groups is 1. The standard InChI is InChI=1S/C29H26BrN6O10P/c1-16(27(40)43-14-17-7-3-2-4-8-17)33-47(42)46-24-20(13-18-9-5-6-10-19(18)22(24)30)44-15-29(34-35-31)25(39)23(38)26(45-29)36-12-11-21(37)32-28(36)41/h2-13,16,23,25-26,38-39H,14-15H2,1H3,(H,32,37,41)/t16-,23+,25-,26+,29+/m0/s1. The highest BCUT2D eigenvalue weighted by Crippen LogP contribution is 2.46. The lowest BCUT2D eigenvalue weighted by atomic mass is 10.1. The molecule has 1 aromatic heterocycles. The van der Waals surface area contributed by atoms with Gasteiger partial charge in [0.05, 0.1) is 4.47 Å². The number of nitrogens with one attached hydrogen (secondary N) is 1. The molecule has 0 aliphatic carbocycles. The Morgan fingerprint density at radius 3 is 2.66 bits per heavy atom. The number of hydrogen-bond donors (Lipinski definition) is 3. The van der Waals surface area contributed by atoms with E-state index in [9.17, 15) is 35.0 Å². The van der Waals surface area contributed by atoms with E-state index in [1.165, 1.54) is 13.0 Å². The Balaban J connectivity index is 1.41. The smallest absolute Gasteiger partial charge is 0.395 e. The Labute approximate surface area is 274 Å². The maximum absolute atomic E-state index is 13.1. The summed E-state index contributed by atoms with van der Waals surface area (Å²) in [5.41, 5.74) is 6.14. The van der Waals surface area contributed by atoms with Crippen molar-refractivity contribution in [1.82, 2.24) is 9.55 Å². The van der Waals surface area contributed by atoms with Gasteiger partial charge in [-0.2, -0.15) is 0 Å². The zero-order valence-electron chi connectivity index (χ0n) is 24.4.